The maximum Gasteiger partial charge on any atom is 0.337 e. The van der Waals surface area contributed by atoms with E-state index in [0.29, 0.717) is 11.1 Å². The van der Waals surface area contributed by atoms with Crippen LogP contribution in [0, 0.1) is 0 Å². The molecular formula is C23H24N4O4. The third-order valence-electron chi connectivity index (χ3n) is 5.19. The number of hydrogen-bond acceptors (Lipinski definition) is 8. The van der Waals surface area contributed by atoms with Crippen LogP contribution in [0.25, 0.3) is 0 Å². The summed E-state index contributed by atoms with van der Waals surface area (Å²) in [7, 11) is 2.76. The number of carbonyl (C=O) groups excluding carboxylic acids is 2. The number of carbonyl (C=O) groups is 2. The monoisotopic (exact) mass is 420 g/mol. The molecule has 0 saturated heterocycles. The summed E-state index contributed by atoms with van der Waals surface area (Å²) in [6.07, 6.45) is 8.15. The highest BCUT2D eigenvalue weighted by molar-refractivity contribution is 5.90. The van der Waals surface area contributed by atoms with E-state index >= 15 is 0 Å². The zero-order valence-electron chi connectivity index (χ0n) is 17.5. The van der Waals surface area contributed by atoms with E-state index in [4.69, 9.17) is 9.47 Å². The Morgan fingerprint density at radius 3 is 1.42 bits per heavy atom. The van der Waals surface area contributed by atoms with Crippen LogP contribution >= 0.6 is 0 Å². The van der Waals surface area contributed by atoms with Crippen molar-refractivity contribution in [1.29, 1.82) is 0 Å². The number of rotatable bonds is 6. The molecule has 0 bridgehead atoms. The number of anilines is 2. The molecule has 0 saturated carbocycles. The van der Waals surface area contributed by atoms with Crippen molar-refractivity contribution in [3.63, 3.8) is 0 Å². The first-order chi connectivity index (χ1) is 15.1. The number of nitrogens with zero attached hydrogens (tertiary/aromatic N) is 4. The van der Waals surface area contributed by atoms with Crippen LogP contribution in [0.4, 0.5) is 11.4 Å². The van der Waals surface area contributed by atoms with E-state index in [2.05, 4.69) is 32.0 Å². The number of benzene rings is 2. The van der Waals surface area contributed by atoms with Gasteiger partial charge in [0.15, 0.2) is 0 Å². The van der Waals surface area contributed by atoms with Crippen molar-refractivity contribution in [1.82, 2.24) is 9.80 Å². The van der Waals surface area contributed by atoms with Gasteiger partial charge in [0.2, 0.25) is 0 Å². The quantitative estimate of drug-likeness (QED) is 0.661. The van der Waals surface area contributed by atoms with E-state index in [0.717, 1.165) is 31.4 Å². The largest absolute Gasteiger partial charge is 0.465 e. The van der Waals surface area contributed by atoms with Gasteiger partial charge in [-0.05, 0) is 48.5 Å². The van der Waals surface area contributed by atoms with Gasteiger partial charge < -0.3 is 29.1 Å². The molecule has 2 aromatic carbocycles. The lowest BCUT2D eigenvalue weighted by atomic mass is 10.2. The highest BCUT2D eigenvalue weighted by atomic mass is 16.5. The molecule has 2 aliphatic heterocycles. The molecule has 0 aliphatic carbocycles. The Kier molecular flexibility index (Phi) is 5.79. The second kappa shape index (κ2) is 8.83. The molecule has 2 aromatic rings. The molecule has 0 radical (unpaired) electrons. The molecular weight excluding hydrogens is 396 g/mol. The normalized spacial score (nSPS) is 15.0. The van der Waals surface area contributed by atoms with E-state index in [1.54, 1.807) is 24.3 Å². The van der Waals surface area contributed by atoms with Gasteiger partial charge in [0.05, 0.1) is 45.4 Å². The van der Waals surface area contributed by atoms with Crippen LogP contribution in [0.2, 0.25) is 0 Å². The molecule has 160 valence electrons. The van der Waals surface area contributed by atoms with Crippen LogP contribution in [0.5, 0.6) is 0 Å². The van der Waals surface area contributed by atoms with Gasteiger partial charge in [-0.25, -0.2) is 9.59 Å². The summed E-state index contributed by atoms with van der Waals surface area (Å²) in [6, 6.07) is 14.7. The van der Waals surface area contributed by atoms with E-state index in [-0.39, 0.29) is 11.9 Å². The molecule has 4 rings (SSSR count). The van der Waals surface area contributed by atoms with Crippen LogP contribution < -0.4 is 9.80 Å². The van der Waals surface area contributed by atoms with Gasteiger partial charge in [-0.2, -0.15) is 0 Å². The summed E-state index contributed by atoms with van der Waals surface area (Å²) in [6.45, 7) is 2.17. The fourth-order valence-electron chi connectivity index (χ4n) is 3.50. The van der Waals surface area contributed by atoms with Gasteiger partial charge in [-0.1, -0.05) is 0 Å². The minimum atomic E-state index is -0.338. The van der Waals surface area contributed by atoms with Gasteiger partial charge in [-0.15, -0.1) is 0 Å². The molecule has 0 spiro atoms. The molecule has 0 aromatic heterocycles. The van der Waals surface area contributed by atoms with Crippen molar-refractivity contribution in [3.05, 3.63) is 84.5 Å². The van der Waals surface area contributed by atoms with Crippen LogP contribution in [-0.2, 0) is 9.47 Å². The first-order valence-electron chi connectivity index (χ1n) is 9.82. The Bertz CT molecular complexity index is 920. The van der Waals surface area contributed by atoms with E-state index in [9.17, 15) is 9.59 Å². The van der Waals surface area contributed by atoms with Crippen LogP contribution in [0.3, 0.4) is 0 Å². The molecule has 2 aliphatic rings. The smallest absolute Gasteiger partial charge is 0.337 e. The molecule has 0 amide bonds. The first kappa shape index (κ1) is 20.3. The Morgan fingerprint density at radius 2 is 1.06 bits per heavy atom. The van der Waals surface area contributed by atoms with Crippen molar-refractivity contribution in [2.24, 2.45) is 0 Å². The lowest BCUT2D eigenvalue weighted by molar-refractivity contribution is 0.0592. The highest BCUT2D eigenvalue weighted by Crippen LogP contribution is 2.23. The van der Waals surface area contributed by atoms with Crippen LogP contribution in [-0.4, -0.2) is 56.0 Å². The van der Waals surface area contributed by atoms with Gasteiger partial charge in [0, 0.05) is 36.2 Å². The Balaban J connectivity index is 1.29. The molecule has 8 nitrogen and oxygen atoms in total. The number of methoxy groups -OCH3 is 2. The molecule has 2 heterocycles. The summed E-state index contributed by atoms with van der Waals surface area (Å²) in [5.41, 5.74) is 3.09. The number of esters is 2. The topological polar surface area (TPSA) is 65.6 Å². The summed E-state index contributed by atoms with van der Waals surface area (Å²) in [5.74, 6) is -0.675. The van der Waals surface area contributed by atoms with Gasteiger partial charge >= 0.3 is 11.9 Å². The summed E-state index contributed by atoms with van der Waals surface area (Å²) in [5, 5.41) is 0. The highest BCUT2D eigenvalue weighted by Gasteiger charge is 2.20. The molecule has 0 atom stereocenters. The van der Waals surface area contributed by atoms with Crippen molar-refractivity contribution < 1.29 is 19.1 Å². The van der Waals surface area contributed by atoms with Gasteiger partial charge in [0.1, 0.15) is 0 Å². The molecule has 0 N–H and O–H groups in total. The average molecular weight is 420 g/mol. The lowest BCUT2D eigenvalue weighted by Crippen LogP contribution is -2.35. The minimum Gasteiger partial charge on any atom is -0.465 e. The zero-order valence-corrected chi connectivity index (χ0v) is 17.5. The predicted molar refractivity (Wildman–Crippen MR) is 117 cm³/mol. The number of hydrogen-bond donors (Lipinski definition) is 0. The van der Waals surface area contributed by atoms with E-state index in [1.807, 2.05) is 36.7 Å². The molecule has 0 unspecified atom stereocenters. The summed E-state index contributed by atoms with van der Waals surface area (Å²) in [4.78, 5) is 31.8. The fourth-order valence-corrected chi connectivity index (χ4v) is 3.50. The SMILES string of the molecule is COC(=O)c1ccc(N2C=CN(CN3C=CN(c4ccc(C(=O)OC)cc4)C3)C2)cc1. The maximum absolute atomic E-state index is 11.6. The van der Waals surface area contributed by atoms with Crippen LogP contribution in [0.1, 0.15) is 20.7 Å². The molecule has 31 heavy (non-hydrogen) atoms. The summed E-state index contributed by atoms with van der Waals surface area (Å²) < 4.78 is 9.49. The Labute approximate surface area is 181 Å². The Morgan fingerprint density at radius 1 is 0.677 bits per heavy atom. The van der Waals surface area contributed by atoms with E-state index in [1.165, 1.54) is 14.2 Å². The standard InChI is InChI=1S/C23H24N4O4/c1-30-22(28)18-3-7-20(8-4-18)26-13-11-24(16-26)15-25-12-14-27(17-25)21-9-5-19(6-10-21)23(29)31-2/h3-14H,15-17H2,1-2H3. The third-order valence-corrected chi connectivity index (χ3v) is 5.19. The van der Waals surface area contributed by atoms with Crippen LogP contribution in [0.15, 0.2) is 73.3 Å². The average Bonchev–Trinajstić information content (AvgIpc) is 3.48. The second-order valence-corrected chi connectivity index (χ2v) is 7.21. The lowest BCUT2D eigenvalue weighted by Gasteiger charge is -2.27. The number of ether oxygens (including phenoxy) is 2. The zero-order chi connectivity index (χ0) is 21.8. The minimum absolute atomic E-state index is 0.338. The Hall–Kier alpha value is -3.94. The maximum atomic E-state index is 11.6. The fraction of sp³-hybridized carbons (Fsp3) is 0.217. The van der Waals surface area contributed by atoms with Crippen molar-refractivity contribution in [2.45, 2.75) is 0 Å². The third kappa shape index (κ3) is 4.48. The molecule has 0 fully saturated rings. The van der Waals surface area contributed by atoms with Crippen molar-refractivity contribution in [2.75, 3.05) is 44.0 Å². The first-order valence-corrected chi connectivity index (χ1v) is 9.82. The van der Waals surface area contributed by atoms with Crippen molar-refractivity contribution in [3.8, 4) is 0 Å². The second-order valence-electron chi connectivity index (χ2n) is 7.21. The van der Waals surface area contributed by atoms with E-state index < -0.39 is 0 Å². The predicted octanol–water partition coefficient (Wildman–Crippen LogP) is 3.02. The van der Waals surface area contributed by atoms with Gasteiger partial charge in [-0.3, -0.25) is 0 Å². The molecule has 8 heteroatoms. The van der Waals surface area contributed by atoms with Gasteiger partial charge in [0.25, 0.3) is 0 Å². The summed E-state index contributed by atoms with van der Waals surface area (Å²) >= 11 is 0. The van der Waals surface area contributed by atoms with Crippen molar-refractivity contribution >= 4 is 23.3 Å².